The largest absolute Gasteiger partial charge is 0.325 e. The zero-order valence-corrected chi connectivity index (χ0v) is 15.6. The summed E-state index contributed by atoms with van der Waals surface area (Å²) in [7, 11) is 0. The van der Waals surface area contributed by atoms with Crippen LogP contribution in [-0.2, 0) is 4.79 Å². The Morgan fingerprint density at radius 2 is 1.63 bits per heavy atom. The molecule has 3 amide bonds. The van der Waals surface area contributed by atoms with Gasteiger partial charge in [0.25, 0.3) is 0 Å². The van der Waals surface area contributed by atoms with Crippen molar-refractivity contribution in [2.45, 2.75) is 5.16 Å². The standard InChI is InChI=1S/C19H15ClN4O2S/c20-16-11-15(13-7-3-1-4-8-13)22-19(23-16)27-12-17(25)24-18(26)21-14-9-5-2-6-10-14/h1-11H,12H2,(H2,21,24,25,26). The van der Waals surface area contributed by atoms with Gasteiger partial charge in [0, 0.05) is 17.3 Å². The molecule has 0 saturated carbocycles. The van der Waals surface area contributed by atoms with Gasteiger partial charge in [-0.05, 0) is 12.1 Å². The van der Waals surface area contributed by atoms with E-state index in [0.717, 1.165) is 17.3 Å². The zero-order chi connectivity index (χ0) is 19.1. The first kappa shape index (κ1) is 18.9. The maximum absolute atomic E-state index is 12.0. The van der Waals surface area contributed by atoms with Gasteiger partial charge >= 0.3 is 6.03 Å². The summed E-state index contributed by atoms with van der Waals surface area (Å²) >= 11 is 7.16. The lowest BCUT2D eigenvalue weighted by Gasteiger charge is -2.07. The lowest BCUT2D eigenvalue weighted by atomic mass is 10.1. The van der Waals surface area contributed by atoms with Gasteiger partial charge in [-0.25, -0.2) is 14.8 Å². The van der Waals surface area contributed by atoms with Gasteiger partial charge in [-0.3, -0.25) is 10.1 Å². The van der Waals surface area contributed by atoms with Gasteiger partial charge in [0.05, 0.1) is 11.4 Å². The summed E-state index contributed by atoms with van der Waals surface area (Å²) in [6, 6.07) is 19.5. The number of nitrogens with zero attached hydrogens (tertiary/aromatic N) is 2. The number of urea groups is 1. The van der Waals surface area contributed by atoms with Crippen LogP contribution in [0.3, 0.4) is 0 Å². The summed E-state index contributed by atoms with van der Waals surface area (Å²) < 4.78 is 0. The number of nitrogens with one attached hydrogen (secondary N) is 2. The molecule has 27 heavy (non-hydrogen) atoms. The molecular weight excluding hydrogens is 384 g/mol. The molecule has 3 aromatic rings. The number of imide groups is 1. The van der Waals surface area contributed by atoms with Gasteiger partial charge < -0.3 is 5.32 Å². The molecule has 1 aromatic heterocycles. The van der Waals surface area contributed by atoms with Crippen molar-refractivity contribution in [3.63, 3.8) is 0 Å². The van der Waals surface area contributed by atoms with Crippen LogP contribution in [0.4, 0.5) is 10.5 Å². The van der Waals surface area contributed by atoms with E-state index < -0.39 is 11.9 Å². The van der Waals surface area contributed by atoms with Crippen LogP contribution in [0.5, 0.6) is 0 Å². The molecule has 2 aromatic carbocycles. The molecule has 0 aliphatic rings. The highest BCUT2D eigenvalue weighted by atomic mass is 35.5. The molecule has 0 aliphatic carbocycles. The summed E-state index contributed by atoms with van der Waals surface area (Å²) in [5.41, 5.74) is 2.16. The number of anilines is 1. The molecule has 6 nitrogen and oxygen atoms in total. The second-order valence-electron chi connectivity index (χ2n) is 5.38. The van der Waals surface area contributed by atoms with E-state index in [9.17, 15) is 9.59 Å². The Morgan fingerprint density at radius 3 is 2.33 bits per heavy atom. The smallest absolute Gasteiger partial charge is 0.308 e. The molecule has 0 radical (unpaired) electrons. The Labute approximate surface area is 165 Å². The summed E-state index contributed by atoms with van der Waals surface area (Å²) in [4.78, 5) is 32.3. The number of para-hydroxylation sites is 1. The number of amides is 3. The fourth-order valence-corrected chi connectivity index (χ4v) is 3.09. The molecule has 0 fully saturated rings. The maximum Gasteiger partial charge on any atom is 0.325 e. The van der Waals surface area contributed by atoms with Crippen molar-refractivity contribution in [2.24, 2.45) is 0 Å². The van der Waals surface area contributed by atoms with Gasteiger partial charge in [-0.2, -0.15) is 0 Å². The molecule has 0 saturated heterocycles. The second kappa shape index (κ2) is 9.16. The zero-order valence-electron chi connectivity index (χ0n) is 14.1. The fourth-order valence-electron chi connectivity index (χ4n) is 2.19. The van der Waals surface area contributed by atoms with Crippen molar-refractivity contribution in [3.8, 4) is 11.3 Å². The predicted octanol–water partition coefficient (Wildman–Crippen LogP) is 4.24. The van der Waals surface area contributed by atoms with Gasteiger partial charge in [0.15, 0.2) is 5.16 Å². The first-order chi connectivity index (χ1) is 13.1. The lowest BCUT2D eigenvalue weighted by Crippen LogP contribution is -2.35. The van der Waals surface area contributed by atoms with Crippen LogP contribution in [0.1, 0.15) is 0 Å². The molecule has 1 heterocycles. The number of carbonyl (C=O) groups excluding carboxylic acids is 2. The van der Waals surface area contributed by atoms with E-state index in [2.05, 4.69) is 20.6 Å². The van der Waals surface area contributed by atoms with Gasteiger partial charge in [0.1, 0.15) is 5.15 Å². The molecule has 0 unspecified atom stereocenters. The average Bonchev–Trinajstić information content (AvgIpc) is 2.67. The average molecular weight is 399 g/mol. The highest BCUT2D eigenvalue weighted by Crippen LogP contribution is 2.23. The van der Waals surface area contributed by atoms with Crippen LogP contribution < -0.4 is 10.6 Å². The third-order valence-corrected chi connectivity index (χ3v) is 4.40. The van der Waals surface area contributed by atoms with Crippen LogP contribution in [0.25, 0.3) is 11.3 Å². The van der Waals surface area contributed by atoms with E-state index in [-0.39, 0.29) is 10.9 Å². The number of aromatic nitrogens is 2. The molecule has 0 aliphatic heterocycles. The van der Waals surface area contributed by atoms with Crippen molar-refractivity contribution in [2.75, 3.05) is 11.1 Å². The summed E-state index contributed by atoms with van der Waals surface area (Å²) in [6.07, 6.45) is 0. The van der Waals surface area contributed by atoms with E-state index in [1.807, 2.05) is 36.4 Å². The summed E-state index contributed by atoms with van der Waals surface area (Å²) in [5, 5.41) is 5.49. The Morgan fingerprint density at radius 1 is 0.963 bits per heavy atom. The van der Waals surface area contributed by atoms with Crippen molar-refractivity contribution in [3.05, 3.63) is 71.9 Å². The third kappa shape index (κ3) is 5.80. The summed E-state index contributed by atoms with van der Waals surface area (Å²) in [6.45, 7) is 0. The van der Waals surface area contributed by atoms with E-state index >= 15 is 0 Å². The first-order valence-electron chi connectivity index (χ1n) is 7.99. The molecule has 8 heteroatoms. The van der Waals surface area contributed by atoms with Crippen LogP contribution in [0.2, 0.25) is 5.15 Å². The Balaban J connectivity index is 1.57. The second-order valence-corrected chi connectivity index (χ2v) is 6.71. The molecule has 0 bridgehead atoms. The van der Waals surface area contributed by atoms with E-state index in [0.29, 0.717) is 16.5 Å². The molecule has 0 atom stereocenters. The number of halogens is 1. The van der Waals surface area contributed by atoms with Crippen LogP contribution in [0.15, 0.2) is 71.9 Å². The van der Waals surface area contributed by atoms with Gasteiger partial charge in [-0.1, -0.05) is 71.9 Å². The van der Waals surface area contributed by atoms with Crippen molar-refractivity contribution in [1.82, 2.24) is 15.3 Å². The maximum atomic E-state index is 12.0. The van der Waals surface area contributed by atoms with Crippen molar-refractivity contribution >= 4 is 41.0 Å². The molecule has 2 N–H and O–H groups in total. The van der Waals surface area contributed by atoms with Crippen LogP contribution in [0, 0.1) is 0 Å². The van der Waals surface area contributed by atoms with Crippen LogP contribution >= 0.6 is 23.4 Å². The summed E-state index contributed by atoms with van der Waals surface area (Å²) in [5.74, 6) is -0.477. The number of carbonyl (C=O) groups is 2. The van der Waals surface area contributed by atoms with Crippen LogP contribution in [-0.4, -0.2) is 27.7 Å². The Hall–Kier alpha value is -2.90. The molecular formula is C19H15ClN4O2S. The van der Waals surface area contributed by atoms with Crippen molar-refractivity contribution in [1.29, 1.82) is 0 Å². The number of thioether (sulfide) groups is 1. The monoisotopic (exact) mass is 398 g/mol. The topological polar surface area (TPSA) is 84.0 Å². The normalized spacial score (nSPS) is 10.3. The molecule has 3 rings (SSSR count). The quantitative estimate of drug-likeness (QED) is 0.381. The predicted molar refractivity (Wildman–Crippen MR) is 107 cm³/mol. The number of rotatable bonds is 5. The minimum Gasteiger partial charge on any atom is -0.308 e. The molecule has 136 valence electrons. The lowest BCUT2D eigenvalue weighted by molar-refractivity contribution is -0.117. The SMILES string of the molecule is O=C(CSc1nc(Cl)cc(-c2ccccc2)n1)NC(=O)Nc1ccccc1. The highest BCUT2D eigenvalue weighted by Gasteiger charge is 2.11. The minimum absolute atomic E-state index is 0.0171. The van der Waals surface area contributed by atoms with E-state index in [1.165, 1.54) is 0 Å². The number of hydrogen-bond acceptors (Lipinski definition) is 5. The van der Waals surface area contributed by atoms with E-state index in [4.69, 9.17) is 11.6 Å². The first-order valence-corrected chi connectivity index (χ1v) is 9.35. The van der Waals surface area contributed by atoms with Gasteiger partial charge in [-0.15, -0.1) is 0 Å². The van der Waals surface area contributed by atoms with E-state index in [1.54, 1.807) is 30.3 Å². The molecule has 0 spiro atoms. The minimum atomic E-state index is -0.594. The van der Waals surface area contributed by atoms with Gasteiger partial charge in [0.2, 0.25) is 5.91 Å². The number of hydrogen-bond donors (Lipinski definition) is 2. The van der Waals surface area contributed by atoms with Crippen molar-refractivity contribution < 1.29 is 9.59 Å². The number of benzene rings is 2. The Bertz CT molecular complexity index is 939. The third-order valence-electron chi connectivity index (χ3n) is 3.36. The fraction of sp³-hybridized carbons (Fsp3) is 0.0526. The highest BCUT2D eigenvalue weighted by molar-refractivity contribution is 7.99. The Kier molecular flexibility index (Phi) is 6.40.